The van der Waals surface area contributed by atoms with Gasteiger partial charge in [-0.25, -0.2) is 9.29 Å². The van der Waals surface area contributed by atoms with Crippen molar-refractivity contribution in [3.63, 3.8) is 0 Å². The number of carbonyl (C=O) groups excluding carboxylic acids is 2. The van der Waals surface area contributed by atoms with Crippen molar-refractivity contribution in [3.8, 4) is 5.75 Å². The molecule has 1 aliphatic rings. The first kappa shape index (κ1) is 21.3. The summed E-state index contributed by atoms with van der Waals surface area (Å²) in [4.78, 5) is 27.9. The molecule has 5 nitrogen and oxygen atoms in total. The molecule has 2 amide bonds. The Balaban J connectivity index is 1.76. The van der Waals surface area contributed by atoms with Crippen LogP contribution in [-0.4, -0.2) is 18.9 Å². The molecule has 0 spiro atoms. The van der Waals surface area contributed by atoms with Crippen LogP contribution in [0.5, 0.6) is 5.75 Å². The normalized spacial score (nSPS) is 13.8. The molecule has 1 heterocycles. The molecule has 0 aliphatic carbocycles. The van der Waals surface area contributed by atoms with Crippen LogP contribution in [-0.2, 0) is 9.59 Å². The number of rotatable bonds is 6. The number of nitrogens with zero attached hydrogens (tertiary/aromatic N) is 1. The monoisotopic (exact) mass is 430 g/mol. The van der Waals surface area contributed by atoms with Gasteiger partial charge in [-0.15, -0.1) is 0 Å². The summed E-state index contributed by atoms with van der Waals surface area (Å²) in [6.45, 7) is 4.20. The molecule has 1 aliphatic heterocycles. The van der Waals surface area contributed by atoms with Crippen molar-refractivity contribution in [2.75, 3.05) is 17.3 Å². The number of methoxy groups -OCH3 is 1. The Hall–Kier alpha value is -3.93. The molecule has 3 aromatic rings. The Morgan fingerprint density at radius 3 is 2.03 bits per heavy atom. The van der Waals surface area contributed by atoms with E-state index in [1.54, 1.807) is 31.4 Å². The zero-order valence-electron chi connectivity index (χ0n) is 18.1. The second-order valence-electron chi connectivity index (χ2n) is 7.80. The Morgan fingerprint density at radius 2 is 1.47 bits per heavy atom. The van der Waals surface area contributed by atoms with Crippen molar-refractivity contribution in [2.24, 2.45) is 0 Å². The second-order valence-corrected chi connectivity index (χ2v) is 7.80. The SMILES string of the molecule is COc1ccc(N2C(=O)C(Nc3ccc(C(C)C)cc3)=C(c3ccc(F)cc3)C2=O)cc1. The van der Waals surface area contributed by atoms with Crippen LogP contribution in [0, 0.1) is 5.82 Å². The van der Waals surface area contributed by atoms with Gasteiger partial charge < -0.3 is 10.1 Å². The standard InChI is InChI=1S/C26H23FN2O3/c1-16(2)17-6-10-20(11-7-17)28-24-23(18-4-8-19(27)9-5-18)25(30)29(26(24)31)21-12-14-22(32-3)15-13-21/h4-16,28H,1-3H3. The van der Waals surface area contributed by atoms with E-state index in [0.29, 0.717) is 28.6 Å². The average Bonchev–Trinajstić information content (AvgIpc) is 3.04. The fourth-order valence-corrected chi connectivity index (χ4v) is 3.59. The van der Waals surface area contributed by atoms with Gasteiger partial charge in [0.15, 0.2) is 0 Å². The summed E-state index contributed by atoms with van der Waals surface area (Å²) >= 11 is 0. The molecule has 0 unspecified atom stereocenters. The Morgan fingerprint density at radius 1 is 0.844 bits per heavy atom. The molecule has 162 valence electrons. The molecular weight excluding hydrogens is 407 g/mol. The zero-order chi connectivity index (χ0) is 22.8. The van der Waals surface area contributed by atoms with Gasteiger partial charge in [0.2, 0.25) is 0 Å². The van der Waals surface area contributed by atoms with Crippen molar-refractivity contribution in [3.05, 3.63) is 95.4 Å². The molecule has 3 aromatic carbocycles. The second kappa shape index (κ2) is 8.67. The fraction of sp³-hybridized carbons (Fsp3) is 0.154. The molecule has 0 saturated carbocycles. The number of benzene rings is 3. The first-order chi connectivity index (χ1) is 15.4. The first-order valence-electron chi connectivity index (χ1n) is 10.3. The Labute approximate surface area is 186 Å². The minimum Gasteiger partial charge on any atom is -0.497 e. The van der Waals surface area contributed by atoms with Crippen LogP contribution in [0.25, 0.3) is 5.57 Å². The molecule has 0 aromatic heterocycles. The minimum absolute atomic E-state index is 0.148. The number of nitrogens with one attached hydrogen (secondary N) is 1. The van der Waals surface area contributed by atoms with Crippen LogP contribution in [0.1, 0.15) is 30.9 Å². The van der Waals surface area contributed by atoms with Gasteiger partial charge in [0, 0.05) is 5.69 Å². The first-order valence-corrected chi connectivity index (χ1v) is 10.3. The van der Waals surface area contributed by atoms with Crippen LogP contribution in [0.3, 0.4) is 0 Å². The maximum absolute atomic E-state index is 13.5. The molecule has 6 heteroatoms. The highest BCUT2D eigenvalue weighted by Crippen LogP contribution is 2.34. The van der Waals surface area contributed by atoms with E-state index in [9.17, 15) is 14.0 Å². The van der Waals surface area contributed by atoms with Gasteiger partial charge in [-0.1, -0.05) is 38.1 Å². The molecule has 0 bridgehead atoms. The van der Waals surface area contributed by atoms with Crippen LogP contribution < -0.4 is 15.0 Å². The van der Waals surface area contributed by atoms with Crippen molar-refractivity contribution in [2.45, 2.75) is 19.8 Å². The highest BCUT2D eigenvalue weighted by atomic mass is 19.1. The zero-order valence-corrected chi connectivity index (χ0v) is 18.1. The van der Waals surface area contributed by atoms with E-state index >= 15 is 0 Å². The number of anilines is 2. The molecule has 1 N–H and O–H groups in total. The third-order valence-corrected chi connectivity index (χ3v) is 5.39. The molecule has 0 atom stereocenters. The molecular formula is C26H23FN2O3. The van der Waals surface area contributed by atoms with Gasteiger partial charge >= 0.3 is 0 Å². The number of hydrogen-bond acceptors (Lipinski definition) is 4. The number of ether oxygens (including phenoxy) is 1. The highest BCUT2D eigenvalue weighted by molar-refractivity contribution is 6.46. The van der Waals surface area contributed by atoms with E-state index in [1.807, 2.05) is 24.3 Å². The number of hydrogen-bond donors (Lipinski definition) is 1. The lowest BCUT2D eigenvalue weighted by Gasteiger charge is -2.16. The topological polar surface area (TPSA) is 58.6 Å². The van der Waals surface area contributed by atoms with Crippen LogP contribution in [0.15, 0.2) is 78.5 Å². The lowest BCUT2D eigenvalue weighted by molar-refractivity contribution is -0.120. The van der Waals surface area contributed by atoms with Gasteiger partial charge in [-0.3, -0.25) is 9.59 Å². The number of imide groups is 1. The summed E-state index contributed by atoms with van der Waals surface area (Å²) in [5, 5.41) is 3.12. The maximum Gasteiger partial charge on any atom is 0.282 e. The third kappa shape index (κ3) is 3.99. The quantitative estimate of drug-likeness (QED) is 0.536. The van der Waals surface area contributed by atoms with E-state index in [2.05, 4.69) is 19.2 Å². The van der Waals surface area contributed by atoms with Crippen molar-refractivity contribution in [1.82, 2.24) is 0 Å². The largest absolute Gasteiger partial charge is 0.497 e. The summed E-state index contributed by atoms with van der Waals surface area (Å²) in [5.74, 6) is -0.390. The van der Waals surface area contributed by atoms with Gasteiger partial charge in [0.1, 0.15) is 17.3 Å². The van der Waals surface area contributed by atoms with E-state index in [0.717, 1.165) is 10.5 Å². The van der Waals surface area contributed by atoms with Crippen LogP contribution in [0.2, 0.25) is 0 Å². The molecule has 0 fully saturated rings. The fourth-order valence-electron chi connectivity index (χ4n) is 3.59. The molecule has 0 radical (unpaired) electrons. The smallest absolute Gasteiger partial charge is 0.282 e. The van der Waals surface area contributed by atoms with Gasteiger partial charge in [-0.2, -0.15) is 0 Å². The molecule has 0 saturated heterocycles. The lowest BCUT2D eigenvalue weighted by Crippen LogP contribution is -2.32. The van der Waals surface area contributed by atoms with E-state index in [-0.39, 0.29) is 11.3 Å². The summed E-state index contributed by atoms with van der Waals surface area (Å²) in [5.41, 5.74) is 3.07. The summed E-state index contributed by atoms with van der Waals surface area (Å²) < 4.78 is 18.7. The van der Waals surface area contributed by atoms with Gasteiger partial charge in [0.25, 0.3) is 11.8 Å². The number of amides is 2. The van der Waals surface area contributed by atoms with Gasteiger partial charge in [-0.05, 0) is 65.6 Å². The van der Waals surface area contributed by atoms with E-state index in [4.69, 9.17) is 4.74 Å². The summed E-state index contributed by atoms with van der Waals surface area (Å²) in [7, 11) is 1.54. The van der Waals surface area contributed by atoms with Crippen LogP contribution in [0.4, 0.5) is 15.8 Å². The number of carbonyl (C=O) groups is 2. The summed E-state index contributed by atoms with van der Waals surface area (Å²) in [6, 6.07) is 19.9. The minimum atomic E-state index is -0.479. The predicted octanol–water partition coefficient (Wildman–Crippen LogP) is 5.35. The van der Waals surface area contributed by atoms with E-state index < -0.39 is 17.6 Å². The van der Waals surface area contributed by atoms with Crippen molar-refractivity contribution in [1.29, 1.82) is 0 Å². The Kier molecular flexibility index (Phi) is 5.77. The Bertz CT molecular complexity index is 1180. The lowest BCUT2D eigenvalue weighted by atomic mass is 10.0. The predicted molar refractivity (Wildman–Crippen MR) is 123 cm³/mol. The average molecular weight is 430 g/mol. The van der Waals surface area contributed by atoms with Gasteiger partial charge in [0.05, 0.1) is 18.4 Å². The third-order valence-electron chi connectivity index (χ3n) is 5.39. The number of halogens is 1. The summed E-state index contributed by atoms with van der Waals surface area (Å²) in [6.07, 6.45) is 0. The molecule has 32 heavy (non-hydrogen) atoms. The highest BCUT2D eigenvalue weighted by Gasteiger charge is 2.40. The van der Waals surface area contributed by atoms with E-state index in [1.165, 1.54) is 24.3 Å². The van der Waals surface area contributed by atoms with Crippen molar-refractivity contribution < 1.29 is 18.7 Å². The van der Waals surface area contributed by atoms with Crippen molar-refractivity contribution >= 4 is 28.8 Å². The van der Waals surface area contributed by atoms with Crippen LogP contribution >= 0.6 is 0 Å². The maximum atomic E-state index is 13.5. The molecule has 4 rings (SSSR count).